The highest BCUT2D eigenvalue weighted by Crippen LogP contribution is 2.12. The first kappa shape index (κ1) is 12.0. The molecule has 5 heteroatoms. The number of primary amides is 1. The second-order valence-corrected chi connectivity index (χ2v) is 3.26. The summed E-state index contributed by atoms with van der Waals surface area (Å²) in [5, 5.41) is 2.01. The van der Waals surface area contributed by atoms with E-state index in [4.69, 9.17) is 10.5 Å². The molecule has 0 unspecified atom stereocenters. The van der Waals surface area contributed by atoms with Crippen molar-refractivity contribution < 1.29 is 14.3 Å². The lowest BCUT2D eigenvalue weighted by molar-refractivity contribution is -0.119. The topological polar surface area (TPSA) is 81.4 Å². The highest BCUT2D eigenvalue weighted by atomic mass is 16.5. The van der Waals surface area contributed by atoms with E-state index in [0.717, 1.165) is 11.3 Å². The molecule has 0 fully saturated rings. The Hall–Kier alpha value is -2.04. The molecule has 1 aromatic rings. The molecule has 0 aliphatic heterocycles. The van der Waals surface area contributed by atoms with Gasteiger partial charge in [-0.1, -0.05) is 12.1 Å². The summed E-state index contributed by atoms with van der Waals surface area (Å²) in [6.07, 6.45) is 0.790. The molecule has 1 aromatic carbocycles. The standard InChI is InChI=1S/C11H14N2O3/c1-16-9-5-2-8(3-6-9)4-7-10(14)13-11(12)15/h2-3,5-6H,4,7H2,1H3,(H3,12,13,14,15). The summed E-state index contributed by atoms with van der Waals surface area (Å²) in [5.41, 5.74) is 5.81. The minimum Gasteiger partial charge on any atom is -0.497 e. The molecule has 0 radical (unpaired) electrons. The third kappa shape index (κ3) is 4.00. The van der Waals surface area contributed by atoms with Crippen LogP contribution in [0.15, 0.2) is 24.3 Å². The fourth-order valence-electron chi connectivity index (χ4n) is 1.25. The van der Waals surface area contributed by atoms with Gasteiger partial charge in [-0.15, -0.1) is 0 Å². The molecule has 1 rings (SSSR count). The smallest absolute Gasteiger partial charge is 0.318 e. The van der Waals surface area contributed by atoms with Crippen LogP contribution >= 0.6 is 0 Å². The number of nitrogens with one attached hydrogen (secondary N) is 1. The van der Waals surface area contributed by atoms with Crippen molar-refractivity contribution in [1.82, 2.24) is 5.32 Å². The molecule has 0 aromatic heterocycles. The Balaban J connectivity index is 2.42. The maximum absolute atomic E-state index is 11.1. The molecule has 0 atom stereocenters. The van der Waals surface area contributed by atoms with Crippen molar-refractivity contribution in [2.75, 3.05) is 7.11 Å². The molecule has 0 heterocycles. The average molecular weight is 222 g/mol. The number of hydrogen-bond acceptors (Lipinski definition) is 3. The Bertz CT molecular complexity index is 373. The van der Waals surface area contributed by atoms with E-state index in [0.29, 0.717) is 6.42 Å². The highest BCUT2D eigenvalue weighted by Gasteiger charge is 2.04. The molecule has 0 aliphatic carbocycles. The monoisotopic (exact) mass is 222 g/mol. The van der Waals surface area contributed by atoms with Gasteiger partial charge >= 0.3 is 6.03 Å². The van der Waals surface area contributed by atoms with Crippen LogP contribution in [0, 0.1) is 0 Å². The van der Waals surface area contributed by atoms with Crippen LogP contribution in [0.25, 0.3) is 0 Å². The molecule has 3 amide bonds. The third-order valence-corrected chi connectivity index (χ3v) is 2.06. The summed E-state index contributed by atoms with van der Waals surface area (Å²) < 4.78 is 5.01. The van der Waals surface area contributed by atoms with Crippen LogP contribution in [0.1, 0.15) is 12.0 Å². The van der Waals surface area contributed by atoms with Crippen molar-refractivity contribution in [3.8, 4) is 5.75 Å². The van der Waals surface area contributed by atoms with Crippen molar-refractivity contribution in [2.24, 2.45) is 5.73 Å². The summed E-state index contributed by atoms with van der Waals surface area (Å²) in [6.45, 7) is 0. The Morgan fingerprint density at radius 1 is 1.31 bits per heavy atom. The molecular weight excluding hydrogens is 208 g/mol. The first-order chi connectivity index (χ1) is 7.61. The number of urea groups is 1. The first-order valence-corrected chi connectivity index (χ1v) is 4.84. The maximum Gasteiger partial charge on any atom is 0.318 e. The van der Waals surface area contributed by atoms with Crippen molar-refractivity contribution in [3.05, 3.63) is 29.8 Å². The van der Waals surface area contributed by atoms with Gasteiger partial charge in [0.15, 0.2) is 0 Å². The first-order valence-electron chi connectivity index (χ1n) is 4.84. The van der Waals surface area contributed by atoms with Crippen molar-refractivity contribution >= 4 is 11.9 Å². The number of nitrogens with two attached hydrogens (primary N) is 1. The number of hydrogen-bond donors (Lipinski definition) is 2. The zero-order valence-corrected chi connectivity index (χ0v) is 9.03. The predicted octanol–water partition coefficient (Wildman–Crippen LogP) is 0.823. The number of methoxy groups -OCH3 is 1. The van der Waals surface area contributed by atoms with Crippen molar-refractivity contribution in [2.45, 2.75) is 12.8 Å². The summed E-state index contributed by atoms with van der Waals surface area (Å²) in [7, 11) is 1.59. The predicted molar refractivity (Wildman–Crippen MR) is 59.0 cm³/mol. The summed E-state index contributed by atoms with van der Waals surface area (Å²) in [6, 6.07) is 6.56. The van der Waals surface area contributed by atoms with Crippen LogP contribution in [0.3, 0.4) is 0 Å². The van der Waals surface area contributed by atoms with Crippen LogP contribution in [0.4, 0.5) is 4.79 Å². The van der Waals surface area contributed by atoms with Gasteiger partial charge in [-0.25, -0.2) is 4.79 Å². The number of benzene rings is 1. The highest BCUT2D eigenvalue weighted by molar-refractivity contribution is 5.93. The molecule has 86 valence electrons. The van der Waals surface area contributed by atoms with Crippen molar-refractivity contribution in [1.29, 1.82) is 0 Å². The average Bonchev–Trinajstić information content (AvgIpc) is 2.26. The quantitative estimate of drug-likeness (QED) is 0.791. The number of ether oxygens (including phenoxy) is 1. The van der Waals surface area contributed by atoms with Gasteiger partial charge in [0.2, 0.25) is 5.91 Å². The largest absolute Gasteiger partial charge is 0.497 e. The number of rotatable bonds is 4. The van der Waals surface area contributed by atoms with Gasteiger partial charge in [-0.05, 0) is 24.1 Å². The van der Waals surface area contributed by atoms with Crippen LogP contribution in [-0.2, 0) is 11.2 Å². The van der Waals surface area contributed by atoms with Gasteiger partial charge in [0, 0.05) is 6.42 Å². The Morgan fingerprint density at radius 3 is 2.44 bits per heavy atom. The van der Waals surface area contributed by atoms with E-state index in [2.05, 4.69) is 0 Å². The fourth-order valence-corrected chi connectivity index (χ4v) is 1.25. The summed E-state index contributed by atoms with van der Waals surface area (Å²) >= 11 is 0. The molecule has 0 bridgehead atoms. The zero-order valence-electron chi connectivity index (χ0n) is 9.03. The second-order valence-electron chi connectivity index (χ2n) is 3.26. The zero-order chi connectivity index (χ0) is 12.0. The number of carbonyl (C=O) groups is 2. The van der Waals surface area contributed by atoms with Gasteiger partial charge in [0.05, 0.1) is 7.11 Å². The van der Waals surface area contributed by atoms with Gasteiger partial charge < -0.3 is 10.5 Å². The number of aryl methyl sites for hydroxylation is 1. The van der Waals surface area contributed by atoms with Crippen LogP contribution < -0.4 is 15.8 Å². The molecule has 0 aliphatic rings. The fraction of sp³-hybridized carbons (Fsp3) is 0.273. The Morgan fingerprint density at radius 2 is 1.94 bits per heavy atom. The van der Waals surface area contributed by atoms with Gasteiger partial charge in [-0.2, -0.15) is 0 Å². The van der Waals surface area contributed by atoms with Crippen LogP contribution in [0.5, 0.6) is 5.75 Å². The summed E-state index contributed by atoms with van der Waals surface area (Å²) in [4.78, 5) is 21.5. The lowest BCUT2D eigenvalue weighted by Crippen LogP contribution is -2.35. The minimum absolute atomic E-state index is 0.231. The second kappa shape index (κ2) is 5.75. The molecule has 0 saturated heterocycles. The van der Waals surface area contributed by atoms with E-state index in [1.807, 2.05) is 29.6 Å². The van der Waals surface area contributed by atoms with E-state index < -0.39 is 6.03 Å². The summed E-state index contributed by atoms with van der Waals surface area (Å²) in [5.74, 6) is 0.397. The molecule has 0 spiro atoms. The lowest BCUT2D eigenvalue weighted by atomic mass is 10.1. The minimum atomic E-state index is -0.820. The van der Waals surface area contributed by atoms with Gasteiger partial charge in [0.25, 0.3) is 0 Å². The molecule has 0 saturated carbocycles. The molecule has 5 nitrogen and oxygen atoms in total. The SMILES string of the molecule is COc1ccc(CCC(=O)NC(N)=O)cc1. The maximum atomic E-state index is 11.1. The van der Waals surface area contributed by atoms with Crippen molar-refractivity contribution in [3.63, 3.8) is 0 Å². The molecule has 3 N–H and O–H groups in total. The van der Waals surface area contributed by atoms with Gasteiger partial charge in [-0.3, -0.25) is 10.1 Å². The van der Waals surface area contributed by atoms with Crippen LogP contribution in [0.2, 0.25) is 0 Å². The van der Waals surface area contributed by atoms with Gasteiger partial charge in [0.1, 0.15) is 5.75 Å². The number of amides is 3. The lowest BCUT2D eigenvalue weighted by Gasteiger charge is -2.03. The van der Waals surface area contributed by atoms with E-state index in [1.54, 1.807) is 7.11 Å². The molecule has 16 heavy (non-hydrogen) atoms. The third-order valence-electron chi connectivity index (χ3n) is 2.06. The van der Waals surface area contributed by atoms with E-state index in [9.17, 15) is 9.59 Å². The Labute approximate surface area is 93.6 Å². The van der Waals surface area contributed by atoms with E-state index >= 15 is 0 Å². The van der Waals surface area contributed by atoms with E-state index in [-0.39, 0.29) is 12.3 Å². The molecular formula is C11H14N2O3. The number of imide groups is 1. The normalized spacial score (nSPS) is 9.56. The Kier molecular flexibility index (Phi) is 4.32. The number of carbonyl (C=O) groups excluding carboxylic acids is 2. The van der Waals surface area contributed by atoms with E-state index in [1.165, 1.54) is 0 Å². The van der Waals surface area contributed by atoms with Crippen LogP contribution in [-0.4, -0.2) is 19.0 Å².